The van der Waals surface area contributed by atoms with Gasteiger partial charge < -0.3 is 10.1 Å². The van der Waals surface area contributed by atoms with Crippen molar-refractivity contribution < 1.29 is 22.7 Å². The maximum atomic E-state index is 12.8. The molecule has 0 bridgehead atoms. The fourth-order valence-electron chi connectivity index (χ4n) is 2.68. The number of nitrogens with zero attached hydrogens (tertiary/aromatic N) is 2. The third kappa shape index (κ3) is 5.52. The van der Waals surface area contributed by atoms with Crippen molar-refractivity contribution in [1.29, 1.82) is 0 Å². The van der Waals surface area contributed by atoms with Gasteiger partial charge in [-0.05, 0) is 58.9 Å². The highest BCUT2D eigenvalue weighted by molar-refractivity contribution is 5.67. The Morgan fingerprint density at radius 2 is 1.67 bits per heavy atom. The number of alkyl halides is 3. The van der Waals surface area contributed by atoms with Crippen LogP contribution in [0.5, 0.6) is 0 Å². The van der Waals surface area contributed by atoms with E-state index in [0.29, 0.717) is 0 Å². The molecule has 0 saturated carbocycles. The van der Waals surface area contributed by atoms with Gasteiger partial charge in [-0.3, -0.25) is 13.9 Å². The van der Waals surface area contributed by atoms with Crippen molar-refractivity contribution in [2.45, 2.75) is 59.0 Å². The fourth-order valence-corrected chi connectivity index (χ4v) is 2.68. The highest BCUT2D eigenvalue weighted by Crippen LogP contribution is 2.29. The van der Waals surface area contributed by atoms with E-state index in [2.05, 4.69) is 5.32 Å². The van der Waals surface area contributed by atoms with Crippen molar-refractivity contribution in [3.8, 4) is 5.69 Å². The zero-order valence-electron chi connectivity index (χ0n) is 17.3. The molecule has 1 aromatic carbocycles. The first kappa shape index (κ1) is 23.2. The molecule has 0 atom stereocenters. The van der Waals surface area contributed by atoms with E-state index in [1.165, 1.54) is 6.20 Å². The number of aromatic nitrogens is 2. The number of carbonyl (C=O) groups excluding carboxylic acids is 1. The van der Waals surface area contributed by atoms with E-state index in [-0.39, 0.29) is 17.8 Å². The van der Waals surface area contributed by atoms with E-state index in [1.54, 1.807) is 34.6 Å². The van der Waals surface area contributed by atoms with Crippen LogP contribution in [0, 0.1) is 0 Å². The minimum Gasteiger partial charge on any atom is -0.444 e. The van der Waals surface area contributed by atoms with E-state index in [9.17, 15) is 27.6 Å². The van der Waals surface area contributed by atoms with Crippen LogP contribution in [0.2, 0.25) is 0 Å². The summed E-state index contributed by atoms with van der Waals surface area (Å²) in [5.74, 6) is 0. The predicted octanol–water partition coefficient (Wildman–Crippen LogP) is 3.62. The molecule has 1 aromatic heterocycles. The first-order valence-corrected chi connectivity index (χ1v) is 9.22. The van der Waals surface area contributed by atoms with E-state index >= 15 is 0 Å². The zero-order chi connectivity index (χ0) is 22.9. The van der Waals surface area contributed by atoms with Gasteiger partial charge in [0, 0.05) is 12.2 Å². The number of carbonyl (C=O) groups is 1. The highest BCUT2D eigenvalue weighted by Gasteiger charge is 2.30. The quantitative estimate of drug-likeness (QED) is 0.808. The molecular weight excluding hydrogens is 403 g/mol. The SMILES string of the molecule is CC(C)n1c(=O)c(CNC(=O)OC(C)(C)C)cn(-c2ccc(C(F)(F)F)cc2)c1=O. The minimum absolute atomic E-state index is 0.0778. The fraction of sp³-hybridized carbons (Fsp3) is 0.450. The molecule has 2 rings (SSSR count). The van der Waals surface area contributed by atoms with Gasteiger partial charge in [0.05, 0.1) is 23.4 Å². The number of amides is 1. The molecule has 0 aliphatic heterocycles. The van der Waals surface area contributed by atoms with Crippen LogP contribution in [0.15, 0.2) is 40.1 Å². The molecule has 2 aromatic rings. The molecule has 1 heterocycles. The van der Waals surface area contributed by atoms with Crippen LogP contribution >= 0.6 is 0 Å². The highest BCUT2D eigenvalue weighted by atomic mass is 19.4. The Hall–Kier alpha value is -3.04. The summed E-state index contributed by atoms with van der Waals surface area (Å²) in [6, 6.07) is 3.48. The molecule has 164 valence electrons. The average Bonchev–Trinajstić information content (AvgIpc) is 2.58. The maximum absolute atomic E-state index is 12.8. The van der Waals surface area contributed by atoms with Crippen LogP contribution in [-0.4, -0.2) is 20.8 Å². The lowest BCUT2D eigenvalue weighted by molar-refractivity contribution is -0.137. The molecule has 10 heteroatoms. The van der Waals surface area contributed by atoms with Gasteiger partial charge >= 0.3 is 18.0 Å². The monoisotopic (exact) mass is 427 g/mol. The van der Waals surface area contributed by atoms with Crippen LogP contribution in [0.25, 0.3) is 5.69 Å². The largest absolute Gasteiger partial charge is 0.444 e. The molecule has 1 N–H and O–H groups in total. The maximum Gasteiger partial charge on any atom is 0.416 e. The Kier molecular flexibility index (Phi) is 6.48. The topological polar surface area (TPSA) is 82.3 Å². The summed E-state index contributed by atoms with van der Waals surface area (Å²) < 4.78 is 45.6. The number of rotatable bonds is 4. The van der Waals surface area contributed by atoms with Crippen molar-refractivity contribution in [2.24, 2.45) is 0 Å². The molecule has 0 radical (unpaired) electrons. The Balaban J connectivity index is 2.48. The molecule has 0 fully saturated rings. The van der Waals surface area contributed by atoms with E-state index in [4.69, 9.17) is 4.74 Å². The van der Waals surface area contributed by atoms with E-state index < -0.39 is 40.7 Å². The lowest BCUT2D eigenvalue weighted by Gasteiger charge is -2.20. The number of alkyl carbamates (subject to hydrolysis) is 1. The van der Waals surface area contributed by atoms with Crippen LogP contribution in [0.3, 0.4) is 0 Å². The molecule has 0 aliphatic carbocycles. The lowest BCUT2D eigenvalue weighted by atomic mass is 10.2. The first-order valence-electron chi connectivity index (χ1n) is 9.22. The number of halogens is 3. The van der Waals surface area contributed by atoms with Crippen molar-refractivity contribution in [2.75, 3.05) is 0 Å². The second-order valence-electron chi connectivity index (χ2n) is 7.98. The standard InChI is InChI=1S/C20H24F3N3O4/c1-12(2)26-16(27)13(10-24-17(28)30-19(3,4)5)11-25(18(26)29)15-8-6-14(7-9-15)20(21,22)23/h6-9,11-12H,10H2,1-5H3,(H,24,28). The third-order valence-corrected chi connectivity index (χ3v) is 4.00. The second kappa shape index (κ2) is 8.37. The number of ether oxygens (including phenoxy) is 1. The third-order valence-electron chi connectivity index (χ3n) is 4.00. The lowest BCUT2D eigenvalue weighted by Crippen LogP contribution is -2.43. The summed E-state index contributed by atoms with van der Waals surface area (Å²) >= 11 is 0. The molecule has 0 unspecified atom stereocenters. The van der Waals surface area contributed by atoms with Crippen LogP contribution in [0.4, 0.5) is 18.0 Å². The second-order valence-corrected chi connectivity index (χ2v) is 7.98. The summed E-state index contributed by atoms with van der Waals surface area (Å²) in [6.45, 7) is 8.09. The van der Waals surface area contributed by atoms with Gasteiger partial charge in [-0.1, -0.05) is 0 Å². The van der Waals surface area contributed by atoms with Gasteiger partial charge in [-0.25, -0.2) is 9.59 Å². The summed E-state index contributed by atoms with van der Waals surface area (Å²) in [4.78, 5) is 37.4. The number of nitrogens with one attached hydrogen (secondary N) is 1. The van der Waals surface area contributed by atoms with Gasteiger partial charge in [0.25, 0.3) is 5.56 Å². The molecule has 30 heavy (non-hydrogen) atoms. The summed E-state index contributed by atoms with van der Waals surface area (Å²) in [5.41, 5.74) is -2.66. The van der Waals surface area contributed by atoms with Gasteiger partial charge in [0.2, 0.25) is 0 Å². The Morgan fingerprint density at radius 1 is 1.10 bits per heavy atom. The smallest absolute Gasteiger partial charge is 0.416 e. The Morgan fingerprint density at radius 3 is 2.13 bits per heavy atom. The van der Waals surface area contributed by atoms with Gasteiger partial charge in [0.1, 0.15) is 5.60 Å². The number of hydrogen-bond donors (Lipinski definition) is 1. The van der Waals surface area contributed by atoms with Crippen molar-refractivity contribution in [3.63, 3.8) is 0 Å². The van der Waals surface area contributed by atoms with Crippen molar-refractivity contribution >= 4 is 6.09 Å². The molecule has 0 aliphatic rings. The van der Waals surface area contributed by atoms with Crippen LogP contribution in [-0.2, 0) is 17.5 Å². The van der Waals surface area contributed by atoms with E-state index in [0.717, 1.165) is 33.4 Å². The van der Waals surface area contributed by atoms with Crippen LogP contribution < -0.4 is 16.6 Å². The van der Waals surface area contributed by atoms with Gasteiger partial charge in [-0.15, -0.1) is 0 Å². The molecular formula is C20H24F3N3O4. The van der Waals surface area contributed by atoms with Gasteiger partial charge in [-0.2, -0.15) is 13.2 Å². The molecule has 1 amide bonds. The predicted molar refractivity (Wildman–Crippen MR) is 105 cm³/mol. The zero-order valence-corrected chi connectivity index (χ0v) is 17.3. The molecule has 0 saturated heterocycles. The summed E-state index contributed by atoms with van der Waals surface area (Å²) in [5, 5.41) is 2.45. The first-order chi connectivity index (χ1) is 13.7. The molecule has 7 nitrogen and oxygen atoms in total. The number of hydrogen-bond acceptors (Lipinski definition) is 4. The summed E-state index contributed by atoms with van der Waals surface area (Å²) in [7, 11) is 0. The summed E-state index contributed by atoms with van der Waals surface area (Å²) in [6.07, 6.45) is -4.04. The minimum atomic E-state index is -4.51. The van der Waals surface area contributed by atoms with Crippen molar-refractivity contribution in [1.82, 2.24) is 14.5 Å². The van der Waals surface area contributed by atoms with Crippen molar-refractivity contribution in [3.05, 3.63) is 62.4 Å². The Labute approximate surface area is 171 Å². The molecule has 0 spiro atoms. The average molecular weight is 427 g/mol. The van der Waals surface area contributed by atoms with Crippen LogP contribution in [0.1, 0.15) is 51.8 Å². The number of benzene rings is 1. The van der Waals surface area contributed by atoms with E-state index in [1.807, 2.05) is 0 Å². The Bertz CT molecular complexity index is 1030. The van der Waals surface area contributed by atoms with Gasteiger partial charge in [0.15, 0.2) is 0 Å². The normalized spacial score (nSPS) is 12.2.